The molecule has 0 saturated carbocycles. The monoisotopic (exact) mass is 410 g/mol. The van der Waals surface area contributed by atoms with Gasteiger partial charge in [-0.15, -0.1) is 0 Å². The number of hydrogen-bond donors (Lipinski definition) is 0. The standard InChI is InChI=1S/C22H22N2O6/c1-11(9-29-3)23-19(25)13-5-7-15-18-16(8-6-14(17(13)18)20(23)26)22(28)24(21(15)27)12(2)10-30-4/h5-8,11-12H,9-10H2,1-4H3. The van der Waals surface area contributed by atoms with Gasteiger partial charge in [0.2, 0.25) is 0 Å². The van der Waals surface area contributed by atoms with Crippen molar-refractivity contribution < 1.29 is 28.7 Å². The molecule has 0 bridgehead atoms. The minimum atomic E-state index is -0.462. The molecule has 2 aliphatic heterocycles. The summed E-state index contributed by atoms with van der Waals surface area (Å²) in [5, 5.41) is 0.725. The van der Waals surface area contributed by atoms with Gasteiger partial charge in [-0.05, 0) is 38.1 Å². The Balaban J connectivity index is 1.93. The van der Waals surface area contributed by atoms with E-state index in [4.69, 9.17) is 9.47 Å². The zero-order chi connectivity index (χ0) is 21.7. The third-order valence-electron chi connectivity index (χ3n) is 5.65. The van der Waals surface area contributed by atoms with Crippen molar-refractivity contribution in [1.29, 1.82) is 0 Å². The van der Waals surface area contributed by atoms with E-state index in [-0.39, 0.29) is 13.2 Å². The molecule has 4 amide bonds. The highest BCUT2D eigenvalue weighted by Gasteiger charge is 2.41. The maximum Gasteiger partial charge on any atom is 0.261 e. The molecule has 0 saturated heterocycles. The fourth-order valence-corrected chi connectivity index (χ4v) is 4.34. The van der Waals surface area contributed by atoms with Gasteiger partial charge in [0.05, 0.1) is 25.3 Å². The van der Waals surface area contributed by atoms with Gasteiger partial charge in [-0.3, -0.25) is 29.0 Å². The van der Waals surface area contributed by atoms with E-state index >= 15 is 0 Å². The first-order valence-corrected chi connectivity index (χ1v) is 9.66. The number of nitrogens with zero attached hydrogens (tertiary/aromatic N) is 2. The van der Waals surface area contributed by atoms with Crippen molar-refractivity contribution in [3.05, 3.63) is 46.5 Å². The average Bonchev–Trinajstić information content (AvgIpc) is 2.71. The highest BCUT2D eigenvalue weighted by atomic mass is 16.5. The molecule has 0 aromatic heterocycles. The fourth-order valence-electron chi connectivity index (χ4n) is 4.34. The lowest BCUT2D eigenvalue weighted by Gasteiger charge is -2.35. The number of rotatable bonds is 6. The molecule has 8 nitrogen and oxygen atoms in total. The predicted octanol–water partition coefficient (Wildman–Crippen LogP) is 2.10. The van der Waals surface area contributed by atoms with Crippen LogP contribution in [0.2, 0.25) is 0 Å². The predicted molar refractivity (Wildman–Crippen MR) is 108 cm³/mol. The smallest absolute Gasteiger partial charge is 0.261 e. The molecule has 2 heterocycles. The van der Waals surface area contributed by atoms with Crippen molar-refractivity contribution in [3.8, 4) is 0 Å². The molecule has 30 heavy (non-hydrogen) atoms. The molecule has 2 atom stereocenters. The summed E-state index contributed by atoms with van der Waals surface area (Å²) in [5.41, 5.74) is 1.19. The van der Waals surface area contributed by atoms with Gasteiger partial charge in [-0.25, -0.2) is 0 Å². The van der Waals surface area contributed by atoms with E-state index in [1.807, 2.05) is 0 Å². The van der Waals surface area contributed by atoms with Gasteiger partial charge < -0.3 is 9.47 Å². The Kier molecular flexibility index (Phi) is 4.91. The molecule has 0 aliphatic carbocycles. The number of carbonyl (C=O) groups excluding carboxylic acids is 4. The van der Waals surface area contributed by atoms with E-state index in [1.54, 1.807) is 38.1 Å². The zero-order valence-electron chi connectivity index (χ0n) is 17.2. The summed E-state index contributed by atoms with van der Waals surface area (Å²) in [6.45, 7) is 3.87. The van der Waals surface area contributed by atoms with E-state index in [1.165, 1.54) is 24.0 Å². The van der Waals surface area contributed by atoms with Crippen LogP contribution in [-0.4, -0.2) is 72.9 Å². The molecule has 156 valence electrons. The highest BCUT2D eigenvalue weighted by Crippen LogP contribution is 2.38. The van der Waals surface area contributed by atoms with Crippen LogP contribution >= 0.6 is 0 Å². The summed E-state index contributed by atoms with van der Waals surface area (Å²) >= 11 is 0. The number of methoxy groups -OCH3 is 2. The molecular formula is C22H22N2O6. The number of amides is 4. The minimum absolute atomic E-state index is 0.204. The maximum absolute atomic E-state index is 13.1. The molecule has 2 aliphatic rings. The quantitative estimate of drug-likeness (QED) is 0.677. The van der Waals surface area contributed by atoms with E-state index in [2.05, 4.69) is 0 Å². The first-order valence-electron chi connectivity index (χ1n) is 9.66. The number of benzene rings is 2. The van der Waals surface area contributed by atoms with Crippen molar-refractivity contribution in [2.24, 2.45) is 0 Å². The molecule has 0 N–H and O–H groups in total. The van der Waals surface area contributed by atoms with Crippen LogP contribution in [0.25, 0.3) is 10.8 Å². The number of hydrogen-bond acceptors (Lipinski definition) is 6. The molecule has 2 unspecified atom stereocenters. The Hall–Kier alpha value is -3.10. The fraction of sp³-hybridized carbons (Fsp3) is 0.364. The molecule has 4 rings (SSSR count). The van der Waals surface area contributed by atoms with Crippen molar-refractivity contribution in [2.45, 2.75) is 25.9 Å². The van der Waals surface area contributed by atoms with Crippen molar-refractivity contribution in [1.82, 2.24) is 9.80 Å². The first kappa shape index (κ1) is 20.2. The Morgan fingerprint density at radius 1 is 0.633 bits per heavy atom. The summed E-state index contributed by atoms with van der Waals surface area (Å²) in [6.07, 6.45) is 0. The van der Waals surface area contributed by atoms with Gasteiger partial charge in [0, 0.05) is 47.2 Å². The second-order valence-corrected chi connectivity index (χ2v) is 7.64. The normalized spacial score (nSPS) is 17.7. The lowest BCUT2D eigenvalue weighted by Crippen LogP contribution is -2.49. The summed E-state index contributed by atoms with van der Waals surface area (Å²) in [7, 11) is 3.00. The van der Waals surface area contributed by atoms with Crippen molar-refractivity contribution in [2.75, 3.05) is 27.4 Å². The minimum Gasteiger partial charge on any atom is -0.383 e. The van der Waals surface area contributed by atoms with Gasteiger partial charge >= 0.3 is 0 Å². The van der Waals surface area contributed by atoms with Crippen LogP contribution < -0.4 is 0 Å². The molecule has 0 radical (unpaired) electrons. The van der Waals surface area contributed by atoms with Crippen LogP contribution in [-0.2, 0) is 9.47 Å². The summed E-state index contributed by atoms with van der Waals surface area (Å²) in [5.74, 6) is -1.85. The molecular weight excluding hydrogens is 388 g/mol. The molecule has 0 spiro atoms. The van der Waals surface area contributed by atoms with Gasteiger partial charge in [0.1, 0.15) is 0 Å². The Morgan fingerprint density at radius 2 is 0.900 bits per heavy atom. The van der Waals surface area contributed by atoms with Gasteiger partial charge in [0.25, 0.3) is 23.6 Å². The topological polar surface area (TPSA) is 93.2 Å². The van der Waals surface area contributed by atoms with E-state index in [0.717, 1.165) is 0 Å². The molecule has 2 aromatic rings. The van der Waals surface area contributed by atoms with Gasteiger partial charge in [0.15, 0.2) is 0 Å². The lowest BCUT2D eigenvalue weighted by molar-refractivity contribution is 0.0434. The van der Waals surface area contributed by atoms with E-state index in [0.29, 0.717) is 33.0 Å². The van der Waals surface area contributed by atoms with Crippen LogP contribution in [0.5, 0.6) is 0 Å². The summed E-state index contributed by atoms with van der Waals surface area (Å²) in [4.78, 5) is 54.9. The molecule has 8 heteroatoms. The summed E-state index contributed by atoms with van der Waals surface area (Å²) in [6, 6.07) is 5.30. The second-order valence-electron chi connectivity index (χ2n) is 7.64. The highest BCUT2D eigenvalue weighted by molar-refractivity contribution is 6.33. The maximum atomic E-state index is 13.1. The number of ether oxygens (including phenoxy) is 2. The SMILES string of the molecule is COCC(C)N1C(=O)c2ccc3c4c(ccc(c24)C1=O)C(=O)N(C(C)COC)C3=O. The first-order chi connectivity index (χ1) is 14.3. The Labute approximate surface area is 173 Å². The third kappa shape index (κ3) is 2.68. The third-order valence-corrected chi connectivity index (χ3v) is 5.65. The van der Waals surface area contributed by atoms with Crippen molar-refractivity contribution >= 4 is 34.4 Å². The zero-order valence-corrected chi connectivity index (χ0v) is 17.2. The van der Waals surface area contributed by atoms with Gasteiger partial charge in [-0.1, -0.05) is 0 Å². The van der Waals surface area contributed by atoms with Crippen LogP contribution in [0.15, 0.2) is 24.3 Å². The van der Waals surface area contributed by atoms with Crippen LogP contribution in [0, 0.1) is 0 Å². The van der Waals surface area contributed by atoms with Gasteiger partial charge in [-0.2, -0.15) is 0 Å². The van der Waals surface area contributed by atoms with Crippen LogP contribution in [0.3, 0.4) is 0 Å². The lowest BCUT2D eigenvalue weighted by atomic mass is 9.85. The Morgan fingerprint density at radius 3 is 1.13 bits per heavy atom. The van der Waals surface area contributed by atoms with E-state index in [9.17, 15) is 19.2 Å². The number of carbonyl (C=O) groups is 4. The average molecular weight is 410 g/mol. The second kappa shape index (κ2) is 7.30. The molecule has 2 aromatic carbocycles. The largest absolute Gasteiger partial charge is 0.383 e. The number of imide groups is 2. The van der Waals surface area contributed by atoms with Crippen molar-refractivity contribution in [3.63, 3.8) is 0 Å². The van der Waals surface area contributed by atoms with Crippen LogP contribution in [0.4, 0.5) is 0 Å². The van der Waals surface area contributed by atoms with Crippen LogP contribution in [0.1, 0.15) is 55.3 Å². The molecule has 0 fully saturated rings. The Bertz CT molecular complexity index is 951. The summed E-state index contributed by atoms with van der Waals surface area (Å²) < 4.78 is 10.2. The van der Waals surface area contributed by atoms with E-state index < -0.39 is 35.7 Å².